The number of ether oxygens (including phenoxy) is 1. The first-order chi connectivity index (χ1) is 13.0. The van der Waals surface area contributed by atoms with Crippen LogP contribution in [0, 0.1) is 0 Å². The summed E-state index contributed by atoms with van der Waals surface area (Å²) in [5, 5.41) is 12.0. The van der Waals surface area contributed by atoms with Gasteiger partial charge in [-0.3, -0.25) is 14.4 Å². The fourth-order valence-electron chi connectivity index (χ4n) is 2.67. The fourth-order valence-corrected chi connectivity index (χ4v) is 2.67. The molecule has 1 amide bonds. The third-order valence-corrected chi connectivity index (χ3v) is 4.22. The van der Waals surface area contributed by atoms with E-state index in [1.54, 1.807) is 61.7 Å². The summed E-state index contributed by atoms with van der Waals surface area (Å²) in [6.45, 7) is 0.0185. The minimum atomic E-state index is -0.990. The lowest BCUT2D eigenvalue weighted by Gasteiger charge is -2.13. The minimum absolute atomic E-state index is 0.0185. The van der Waals surface area contributed by atoms with Crippen LogP contribution in [-0.2, 0) is 9.59 Å². The lowest BCUT2D eigenvalue weighted by Crippen LogP contribution is -2.31. The third-order valence-electron chi connectivity index (χ3n) is 4.22. The molecule has 0 bridgehead atoms. The van der Waals surface area contributed by atoms with Gasteiger partial charge in [0.15, 0.2) is 5.78 Å². The Morgan fingerprint density at radius 3 is 2.26 bits per heavy atom. The number of carbonyl (C=O) groups excluding carboxylic acids is 2. The first kappa shape index (κ1) is 20.2. The van der Waals surface area contributed by atoms with Crippen LogP contribution in [0.2, 0.25) is 0 Å². The molecule has 0 saturated heterocycles. The average molecular weight is 369 g/mol. The molecule has 1 unspecified atom stereocenters. The van der Waals surface area contributed by atoms with Crippen molar-refractivity contribution in [2.75, 3.05) is 13.7 Å². The van der Waals surface area contributed by atoms with Gasteiger partial charge in [0, 0.05) is 24.9 Å². The molecule has 0 aliphatic rings. The molecular formula is C21H23NO5. The number of aliphatic carboxylic acids is 1. The van der Waals surface area contributed by atoms with E-state index in [-0.39, 0.29) is 31.1 Å². The van der Waals surface area contributed by atoms with Gasteiger partial charge in [0.2, 0.25) is 5.91 Å². The molecule has 0 radical (unpaired) electrons. The van der Waals surface area contributed by atoms with Crippen LogP contribution in [0.15, 0.2) is 54.6 Å². The van der Waals surface area contributed by atoms with E-state index in [9.17, 15) is 19.5 Å². The van der Waals surface area contributed by atoms with Gasteiger partial charge in [0.25, 0.3) is 0 Å². The fraction of sp³-hybridized carbons (Fsp3) is 0.286. The van der Waals surface area contributed by atoms with Crippen molar-refractivity contribution in [3.05, 3.63) is 65.7 Å². The van der Waals surface area contributed by atoms with E-state index in [0.29, 0.717) is 23.3 Å². The number of benzene rings is 2. The Morgan fingerprint density at radius 2 is 1.67 bits per heavy atom. The highest BCUT2D eigenvalue weighted by Crippen LogP contribution is 2.16. The number of hydrogen-bond donors (Lipinski definition) is 2. The van der Waals surface area contributed by atoms with E-state index in [1.807, 2.05) is 0 Å². The summed E-state index contributed by atoms with van der Waals surface area (Å²) in [6, 6.07) is 15.6. The first-order valence-electron chi connectivity index (χ1n) is 8.73. The maximum Gasteiger partial charge on any atom is 0.312 e. The summed E-state index contributed by atoms with van der Waals surface area (Å²) >= 11 is 0. The second kappa shape index (κ2) is 10.1. The molecule has 0 aliphatic heterocycles. The summed E-state index contributed by atoms with van der Waals surface area (Å²) in [7, 11) is 1.56. The van der Waals surface area contributed by atoms with E-state index in [1.165, 1.54) is 0 Å². The van der Waals surface area contributed by atoms with Gasteiger partial charge in [-0.25, -0.2) is 0 Å². The quantitative estimate of drug-likeness (QED) is 0.628. The SMILES string of the molecule is COc1ccc(C(=O)CCCC(=O)NCC(C(=O)O)c2ccccc2)cc1. The van der Waals surface area contributed by atoms with Crippen molar-refractivity contribution in [2.24, 2.45) is 0 Å². The van der Waals surface area contributed by atoms with E-state index in [2.05, 4.69) is 5.32 Å². The highest BCUT2D eigenvalue weighted by atomic mass is 16.5. The zero-order chi connectivity index (χ0) is 19.6. The maximum absolute atomic E-state index is 12.1. The molecule has 0 saturated carbocycles. The van der Waals surface area contributed by atoms with Crippen molar-refractivity contribution >= 4 is 17.7 Å². The molecular weight excluding hydrogens is 346 g/mol. The number of amides is 1. The Labute approximate surface area is 158 Å². The van der Waals surface area contributed by atoms with Crippen molar-refractivity contribution in [1.29, 1.82) is 0 Å². The predicted molar refractivity (Wildman–Crippen MR) is 101 cm³/mol. The number of nitrogens with one attached hydrogen (secondary N) is 1. The van der Waals surface area contributed by atoms with Crippen LogP contribution in [0.25, 0.3) is 0 Å². The van der Waals surface area contributed by atoms with Gasteiger partial charge >= 0.3 is 5.97 Å². The Bertz CT molecular complexity index is 771. The highest BCUT2D eigenvalue weighted by molar-refractivity contribution is 5.96. The third kappa shape index (κ3) is 6.26. The molecule has 142 valence electrons. The van der Waals surface area contributed by atoms with Gasteiger partial charge in [0.05, 0.1) is 13.0 Å². The van der Waals surface area contributed by atoms with Crippen molar-refractivity contribution in [3.63, 3.8) is 0 Å². The summed E-state index contributed by atoms with van der Waals surface area (Å²) in [4.78, 5) is 35.5. The second-order valence-corrected chi connectivity index (χ2v) is 6.11. The van der Waals surface area contributed by atoms with Crippen LogP contribution in [-0.4, -0.2) is 36.4 Å². The van der Waals surface area contributed by atoms with E-state index in [0.717, 1.165) is 0 Å². The number of carboxylic acids is 1. The van der Waals surface area contributed by atoms with Gasteiger partial charge in [-0.05, 0) is 36.2 Å². The number of carboxylic acid groups (broad SMARTS) is 1. The standard InChI is InChI=1S/C21H23NO5/c1-27-17-12-10-16(11-13-17)19(23)8-5-9-20(24)22-14-18(21(25)26)15-6-3-2-4-7-15/h2-4,6-7,10-13,18H,5,8-9,14H2,1H3,(H,22,24)(H,25,26). The van der Waals surface area contributed by atoms with Crippen LogP contribution in [0.5, 0.6) is 5.75 Å². The lowest BCUT2D eigenvalue weighted by molar-refractivity contribution is -0.138. The Morgan fingerprint density at radius 1 is 1.00 bits per heavy atom. The molecule has 0 spiro atoms. The van der Waals surface area contributed by atoms with E-state index < -0.39 is 11.9 Å². The summed E-state index contributed by atoms with van der Waals surface area (Å²) in [5.74, 6) is -1.41. The lowest BCUT2D eigenvalue weighted by atomic mass is 9.99. The largest absolute Gasteiger partial charge is 0.497 e. The summed E-state index contributed by atoms with van der Waals surface area (Å²) < 4.78 is 5.05. The van der Waals surface area contributed by atoms with Crippen molar-refractivity contribution in [1.82, 2.24) is 5.32 Å². The first-order valence-corrected chi connectivity index (χ1v) is 8.73. The summed E-state index contributed by atoms with van der Waals surface area (Å²) in [6.07, 6.45) is 0.823. The maximum atomic E-state index is 12.1. The number of rotatable bonds is 10. The van der Waals surface area contributed by atoms with Crippen LogP contribution >= 0.6 is 0 Å². The minimum Gasteiger partial charge on any atom is -0.497 e. The molecule has 0 aliphatic carbocycles. The van der Waals surface area contributed by atoms with E-state index in [4.69, 9.17) is 4.74 Å². The Balaban J connectivity index is 1.76. The topological polar surface area (TPSA) is 92.7 Å². The number of ketones is 1. The molecule has 0 heterocycles. The van der Waals surface area contributed by atoms with Crippen molar-refractivity contribution < 1.29 is 24.2 Å². The molecule has 2 aromatic carbocycles. The Kier molecular flexibility index (Phi) is 7.55. The molecule has 27 heavy (non-hydrogen) atoms. The number of Topliss-reactive ketones (excluding diaryl/α,β-unsaturated/α-hetero) is 1. The molecule has 2 N–H and O–H groups in total. The molecule has 1 atom stereocenters. The monoisotopic (exact) mass is 369 g/mol. The predicted octanol–water partition coefficient (Wildman–Crippen LogP) is 3.03. The smallest absolute Gasteiger partial charge is 0.312 e. The zero-order valence-electron chi connectivity index (χ0n) is 15.2. The van der Waals surface area contributed by atoms with E-state index >= 15 is 0 Å². The molecule has 0 aromatic heterocycles. The van der Waals surface area contributed by atoms with Gasteiger partial charge in [0.1, 0.15) is 5.75 Å². The molecule has 0 fully saturated rings. The average Bonchev–Trinajstić information content (AvgIpc) is 2.68. The van der Waals surface area contributed by atoms with Crippen LogP contribution in [0.4, 0.5) is 0 Å². The zero-order valence-corrected chi connectivity index (χ0v) is 15.2. The van der Waals surface area contributed by atoms with Gasteiger partial charge < -0.3 is 15.2 Å². The normalized spacial score (nSPS) is 11.4. The van der Waals surface area contributed by atoms with Crippen molar-refractivity contribution in [2.45, 2.75) is 25.2 Å². The van der Waals surface area contributed by atoms with Crippen molar-refractivity contribution in [3.8, 4) is 5.75 Å². The van der Waals surface area contributed by atoms with Crippen LogP contribution in [0.3, 0.4) is 0 Å². The number of carbonyl (C=O) groups is 3. The molecule has 2 rings (SSSR count). The highest BCUT2D eigenvalue weighted by Gasteiger charge is 2.20. The summed E-state index contributed by atoms with van der Waals surface area (Å²) in [5.41, 5.74) is 1.21. The van der Waals surface area contributed by atoms with Gasteiger partial charge in [-0.2, -0.15) is 0 Å². The number of hydrogen-bond acceptors (Lipinski definition) is 4. The molecule has 6 nitrogen and oxygen atoms in total. The van der Waals surface area contributed by atoms with Crippen LogP contribution in [0.1, 0.15) is 41.1 Å². The van der Waals surface area contributed by atoms with Gasteiger partial charge in [-0.1, -0.05) is 30.3 Å². The Hall–Kier alpha value is -3.15. The second-order valence-electron chi connectivity index (χ2n) is 6.11. The van der Waals surface area contributed by atoms with Gasteiger partial charge in [-0.15, -0.1) is 0 Å². The number of methoxy groups -OCH3 is 1. The van der Waals surface area contributed by atoms with Crippen LogP contribution < -0.4 is 10.1 Å². The molecule has 6 heteroatoms. The molecule has 2 aromatic rings.